The lowest BCUT2D eigenvalue weighted by Crippen LogP contribution is -1.72. The summed E-state index contributed by atoms with van der Waals surface area (Å²) in [5.41, 5.74) is 0.625. The van der Waals surface area contributed by atoms with E-state index < -0.39 is 0 Å². The van der Waals surface area contributed by atoms with Gasteiger partial charge in [0.1, 0.15) is 0 Å². The molecule has 0 amide bonds. The second kappa shape index (κ2) is 1.60. The molecule has 0 radical (unpaired) electrons. The highest BCUT2D eigenvalue weighted by Gasteiger charge is 1.81. The Morgan fingerprint density at radius 1 is 1.86 bits per heavy atom. The van der Waals surface area contributed by atoms with E-state index in [-0.39, 0.29) is 1.43 Å². The van der Waals surface area contributed by atoms with Gasteiger partial charge in [0.15, 0.2) is 6.29 Å². The standard InChI is InChI=1S/C5H5NO/c7-4-5-2-1-3-6-5/h1-4,6H/p+1. The molecule has 1 aromatic heterocycles. The van der Waals surface area contributed by atoms with Gasteiger partial charge in [-0.05, 0) is 12.1 Å². The first kappa shape index (κ1) is 4.12. The molecule has 0 aliphatic carbocycles. The van der Waals surface area contributed by atoms with Crippen molar-refractivity contribution in [1.82, 2.24) is 4.98 Å². The Hall–Kier alpha value is -1.05. The van der Waals surface area contributed by atoms with Crippen molar-refractivity contribution in [3.05, 3.63) is 24.0 Å². The van der Waals surface area contributed by atoms with Crippen LogP contribution in [0.15, 0.2) is 18.3 Å². The monoisotopic (exact) mass is 96.0 g/mol. The first-order chi connectivity index (χ1) is 3.43. The fourth-order valence-corrected chi connectivity index (χ4v) is 0.418. The normalized spacial score (nSPS) is 8.57. The Bertz CT molecular complexity index is 147. The number of aromatic nitrogens is 1. The van der Waals surface area contributed by atoms with Crippen LogP contribution in [0.3, 0.4) is 0 Å². The molecule has 0 unspecified atom stereocenters. The smallest absolute Gasteiger partial charge is 0.359 e. The van der Waals surface area contributed by atoms with Crippen LogP contribution in [-0.4, -0.2) is 11.3 Å². The molecular formula is C5H6NO+. The van der Waals surface area contributed by atoms with Crippen LogP contribution in [0, 0.1) is 0 Å². The van der Waals surface area contributed by atoms with Gasteiger partial charge in [-0.2, -0.15) is 0 Å². The maximum atomic E-state index is 9.84. The summed E-state index contributed by atoms with van der Waals surface area (Å²) in [5, 5.41) is 0. The van der Waals surface area contributed by atoms with Gasteiger partial charge in [-0.15, -0.1) is 0 Å². The van der Waals surface area contributed by atoms with Crippen molar-refractivity contribution in [2.24, 2.45) is 0 Å². The molecule has 0 atom stereocenters. The van der Waals surface area contributed by atoms with Gasteiger partial charge in [0.25, 0.3) is 0 Å². The summed E-state index contributed by atoms with van der Waals surface area (Å²) in [7, 11) is 0. The quantitative estimate of drug-likeness (QED) is 0.518. The zero-order chi connectivity index (χ0) is 5.11. The maximum Gasteiger partial charge on any atom is 1.00 e. The van der Waals surface area contributed by atoms with Crippen molar-refractivity contribution in [1.29, 1.82) is 0 Å². The number of nitrogens with one attached hydrogen (secondary N) is 1. The van der Waals surface area contributed by atoms with Gasteiger partial charge in [-0.1, -0.05) is 0 Å². The van der Waals surface area contributed by atoms with Gasteiger partial charge < -0.3 is 4.98 Å². The van der Waals surface area contributed by atoms with Crippen molar-refractivity contribution >= 4 is 6.29 Å². The first-order valence-corrected chi connectivity index (χ1v) is 2.02. The van der Waals surface area contributed by atoms with E-state index in [2.05, 4.69) is 4.98 Å². The molecule has 1 rings (SSSR count). The fourth-order valence-electron chi connectivity index (χ4n) is 0.418. The molecule has 7 heavy (non-hydrogen) atoms. The summed E-state index contributed by atoms with van der Waals surface area (Å²) >= 11 is 0. The Balaban J connectivity index is 0.000000490. The van der Waals surface area contributed by atoms with E-state index in [1.807, 2.05) is 0 Å². The van der Waals surface area contributed by atoms with E-state index >= 15 is 0 Å². The van der Waals surface area contributed by atoms with Gasteiger partial charge in [0, 0.05) is 6.20 Å². The molecule has 0 fully saturated rings. The van der Waals surface area contributed by atoms with Gasteiger partial charge >= 0.3 is 1.43 Å². The average molecular weight is 96.1 g/mol. The summed E-state index contributed by atoms with van der Waals surface area (Å²) in [6, 6.07) is 3.50. The van der Waals surface area contributed by atoms with Crippen molar-refractivity contribution < 1.29 is 6.22 Å². The summed E-state index contributed by atoms with van der Waals surface area (Å²) in [4.78, 5) is 12.6. The SMILES string of the molecule is O=Cc1ccc[nH]1.[H+]. The van der Waals surface area contributed by atoms with Crippen LogP contribution < -0.4 is 0 Å². The lowest BCUT2D eigenvalue weighted by Gasteiger charge is -1.70. The third kappa shape index (κ3) is 0.682. The van der Waals surface area contributed by atoms with E-state index in [4.69, 9.17) is 0 Å². The molecular weight excluding hydrogens is 90.1 g/mol. The highest BCUT2D eigenvalue weighted by Crippen LogP contribution is 1.85. The summed E-state index contributed by atoms with van der Waals surface area (Å²) in [5.74, 6) is 0. The minimum Gasteiger partial charge on any atom is -0.359 e. The van der Waals surface area contributed by atoms with Crippen molar-refractivity contribution in [3.8, 4) is 0 Å². The van der Waals surface area contributed by atoms with Crippen molar-refractivity contribution in [2.75, 3.05) is 0 Å². The van der Waals surface area contributed by atoms with E-state index in [1.165, 1.54) is 0 Å². The van der Waals surface area contributed by atoms with Crippen molar-refractivity contribution in [2.45, 2.75) is 0 Å². The van der Waals surface area contributed by atoms with Crippen LogP contribution in [-0.2, 0) is 0 Å². The number of aromatic amines is 1. The number of rotatable bonds is 1. The Morgan fingerprint density at radius 2 is 2.71 bits per heavy atom. The number of carbonyl (C=O) groups is 1. The molecule has 2 nitrogen and oxygen atoms in total. The summed E-state index contributed by atoms with van der Waals surface area (Å²) in [6.45, 7) is 0. The van der Waals surface area contributed by atoms with Gasteiger partial charge in [-0.3, -0.25) is 4.79 Å². The largest absolute Gasteiger partial charge is 1.00 e. The number of carbonyl (C=O) groups excluding carboxylic acids is 1. The molecule has 2 heteroatoms. The molecule has 0 saturated carbocycles. The topological polar surface area (TPSA) is 32.9 Å². The zero-order valence-electron chi connectivity index (χ0n) is 4.72. The molecule has 0 saturated heterocycles. The number of hydrogen-bond donors (Lipinski definition) is 1. The van der Waals surface area contributed by atoms with E-state index in [9.17, 15) is 4.79 Å². The molecule has 1 aromatic rings. The molecule has 1 N–H and O–H groups in total. The highest BCUT2D eigenvalue weighted by atomic mass is 16.1. The second-order valence-corrected chi connectivity index (χ2v) is 1.24. The molecule has 0 spiro atoms. The van der Waals surface area contributed by atoms with E-state index in [0.29, 0.717) is 5.69 Å². The molecule has 0 bridgehead atoms. The lowest BCUT2D eigenvalue weighted by atomic mass is 10.5. The first-order valence-electron chi connectivity index (χ1n) is 2.02. The summed E-state index contributed by atoms with van der Waals surface area (Å²) < 4.78 is 0. The average Bonchev–Trinajstić information content (AvgIpc) is 2.14. The minimum absolute atomic E-state index is 0. The van der Waals surface area contributed by atoms with Crippen LogP contribution in [0.1, 0.15) is 11.9 Å². The Labute approximate surface area is 42.7 Å². The molecule has 0 aliphatic heterocycles. The zero-order valence-corrected chi connectivity index (χ0v) is 3.72. The van der Waals surface area contributed by atoms with Crippen molar-refractivity contribution in [3.63, 3.8) is 0 Å². The number of hydrogen-bond acceptors (Lipinski definition) is 1. The third-order valence-corrected chi connectivity index (χ3v) is 0.749. The Morgan fingerprint density at radius 3 is 3.00 bits per heavy atom. The van der Waals surface area contributed by atoms with Crippen LogP contribution in [0.5, 0.6) is 0 Å². The maximum absolute atomic E-state index is 9.84. The van der Waals surface area contributed by atoms with Gasteiger partial charge in [0.05, 0.1) is 5.69 Å². The van der Waals surface area contributed by atoms with Crippen LogP contribution in [0.4, 0.5) is 0 Å². The van der Waals surface area contributed by atoms with Crippen LogP contribution >= 0.6 is 0 Å². The summed E-state index contributed by atoms with van der Waals surface area (Å²) in [6.07, 6.45) is 2.49. The van der Waals surface area contributed by atoms with Gasteiger partial charge in [-0.25, -0.2) is 0 Å². The highest BCUT2D eigenvalue weighted by molar-refractivity contribution is 5.71. The Kier molecular flexibility index (Phi) is 0.941. The second-order valence-electron chi connectivity index (χ2n) is 1.24. The van der Waals surface area contributed by atoms with Crippen LogP contribution in [0.2, 0.25) is 0 Å². The predicted molar refractivity (Wildman–Crippen MR) is 27.3 cm³/mol. The minimum atomic E-state index is 0. The molecule has 0 aliphatic rings. The molecule has 0 aromatic carbocycles. The fraction of sp³-hybridized carbons (Fsp3) is 0. The predicted octanol–water partition coefficient (Wildman–Crippen LogP) is 0.940. The number of H-pyrrole nitrogens is 1. The van der Waals surface area contributed by atoms with E-state index in [1.54, 1.807) is 18.3 Å². The van der Waals surface area contributed by atoms with E-state index in [0.717, 1.165) is 6.29 Å². The molecule has 1 heterocycles. The third-order valence-electron chi connectivity index (χ3n) is 0.749. The lowest BCUT2D eigenvalue weighted by molar-refractivity contribution is 0.111. The molecule has 36 valence electrons. The number of aldehydes is 1. The van der Waals surface area contributed by atoms with Crippen LogP contribution in [0.25, 0.3) is 0 Å². The van der Waals surface area contributed by atoms with Gasteiger partial charge in [0.2, 0.25) is 0 Å².